The zero-order chi connectivity index (χ0) is 13.3. The Morgan fingerprint density at radius 1 is 1.44 bits per heavy atom. The SMILES string of the molecule is CC1(C(=O)Nc2cc(F)ccc2F)CNC(=O)C1. The third-order valence-electron chi connectivity index (χ3n) is 2.95. The molecule has 1 aliphatic heterocycles. The Morgan fingerprint density at radius 3 is 2.78 bits per heavy atom. The first-order valence-corrected chi connectivity index (χ1v) is 5.44. The van der Waals surface area contributed by atoms with Gasteiger partial charge in [-0.05, 0) is 19.1 Å². The van der Waals surface area contributed by atoms with E-state index in [0.29, 0.717) is 0 Å². The van der Waals surface area contributed by atoms with Crippen LogP contribution in [0.5, 0.6) is 0 Å². The molecular formula is C12H12F2N2O2. The van der Waals surface area contributed by atoms with E-state index in [1.807, 2.05) is 0 Å². The van der Waals surface area contributed by atoms with Gasteiger partial charge in [-0.15, -0.1) is 0 Å². The van der Waals surface area contributed by atoms with E-state index in [-0.39, 0.29) is 24.6 Å². The molecule has 0 spiro atoms. The van der Waals surface area contributed by atoms with Gasteiger partial charge >= 0.3 is 0 Å². The molecule has 1 saturated heterocycles. The molecule has 0 aliphatic carbocycles. The lowest BCUT2D eigenvalue weighted by Crippen LogP contribution is -2.35. The highest BCUT2D eigenvalue weighted by Gasteiger charge is 2.40. The van der Waals surface area contributed by atoms with Crippen LogP contribution >= 0.6 is 0 Å². The van der Waals surface area contributed by atoms with Crippen LogP contribution in [0, 0.1) is 17.0 Å². The third kappa shape index (κ3) is 2.32. The van der Waals surface area contributed by atoms with E-state index in [0.717, 1.165) is 18.2 Å². The molecule has 0 aromatic heterocycles. The maximum absolute atomic E-state index is 13.4. The fourth-order valence-corrected chi connectivity index (χ4v) is 1.80. The predicted octanol–water partition coefficient (Wildman–Crippen LogP) is 1.43. The minimum atomic E-state index is -0.935. The van der Waals surface area contributed by atoms with E-state index in [1.54, 1.807) is 6.92 Å². The molecule has 1 aromatic carbocycles. The molecule has 1 aliphatic rings. The van der Waals surface area contributed by atoms with Gasteiger partial charge in [0.2, 0.25) is 11.8 Å². The quantitative estimate of drug-likeness (QED) is 0.838. The predicted molar refractivity (Wildman–Crippen MR) is 60.7 cm³/mol. The van der Waals surface area contributed by atoms with Gasteiger partial charge in [-0.1, -0.05) is 0 Å². The molecule has 2 N–H and O–H groups in total. The number of halogens is 2. The lowest BCUT2D eigenvalue weighted by Gasteiger charge is -2.20. The van der Waals surface area contributed by atoms with Gasteiger partial charge in [0.05, 0.1) is 11.1 Å². The van der Waals surface area contributed by atoms with Crippen LogP contribution in [0.3, 0.4) is 0 Å². The van der Waals surface area contributed by atoms with Crippen molar-refractivity contribution in [2.75, 3.05) is 11.9 Å². The smallest absolute Gasteiger partial charge is 0.232 e. The minimum absolute atomic E-state index is 0.0375. The zero-order valence-corrected chi connectivity index (χ0v) is 9.72. The number of carbonyl (C=O) groups is 2. The number of hydrogen-bond acceptors (Lipinski definition) is 2. The Labute approximate surface area is 102 Å². The molecule has 1 aromatic rings. The van der Waals surface area contributed by atoms with Crippen LogP contribution in [0.15, 0.2) is 18.2 Å². The Morgan fingerprint density at radius 2 is 2.17 bits per heavy atom. The molecule has 1 fully saturated rings. The maximum Gasteiger partial charge on any atom is 0.232 e. The fraction of sp³-hybridized carbons (Fsp3) is 0.333. The first-order valence-electron chi connectivity index (χ1n) is 5.44. The molecule has 2 rings (SSSR count). The van der Waals surface area contributed by atoms with E-state index >= 15 is 0 Å². The maximum atomic E-state index is 13.4. The normalized spacial score (nSPS) is 22.7. The Hall–Kier alpha value is -1.98. The number of anilines is 1. The fourth-order valence-electron chi connectivity index (χ4n) is 1.80. The standard InChI is InChI=1S/C12H12F2N2O2/c1-12(5-10(17)15-6-12)11(18)16-9-4-7(13)2-3-8(9)14/h2-4H,5-6H2,1H3,(H,15,17)(H,16,18). The van der Waals surface area contributed by atoms with E-state index in [1.165, 1.54) is 0 Å². The van der Waals surface area contributed by atoms with Gasteiger partial charge in [0.25, 0.3) is 0 Å². The minimum Gasteiger partial charge on any atom is -0.355 e. The number of amides is 2. The van der Waals surface area contributed by atoms with Gasteiger partial charge in [-0.25, -0.2) is 8.78 Å². The Balaban J connectivity index is 2.16. The lowest BCUT2D eigenvalue weighted by molar-refractivity contribution is -0.126. The van der Waals surface area contributed by atoms with Crippen molar-refractivity contribution in [2.24, 2.45) is 5.41 Å². The topological polar surface area (TPSA) is 58.2 Å². The number of carbonyl (C=O) groups excluding carboxylic acids is 2. The van der Waals surface area contributed by atoms with Crippen molar-refractivity contribution >= 4 is 17.5 Å². The van der Waals surface area contributed by atoms with E-state index in [4.69, 9.17) is 0 Å². The molecule has 1 unspecified atom stereocenters. The second-order valence-corrected chi connectivity index (χ2v) is 4.59. The summed E-state index contributed by atoms with van der Waals surface area (Å²) in [5.41, 5.74) is -1.16. The lowest BCUT2D eigenvalue weighted by atomic mass is 9.88. The summed E-state index contributed by atoms with van der Waals surface area (Å²) in [5, 5.41) is 4.84. The number of hydrogen-bond donors (Lipinski definition) is 2. The van der Waals surface area contributed by atoms with E-state index in [2.05, 4.69) is 10.6 Å². The van der Waals surface area contributed by atoms with Crippen LogP contribution in [0.4, 0.5) is 14.5 Å². The second kappa shape index (κ2) is 4.36. The van der Waals surface area contributed by atoms with Gasteiger partial charge in [0.15, 0.2) is 0 Å². The van der Waals surface area contributed by atoms with Gasteiger partial charge in [0.1, 0.15) is 11.6 Å². The van der Waals surface area contributed by atoms with Crippen molar-refractivity contribution in [1.82, 2.24) is 5.32 Å². The molecule has 2 amide bonds. The highest BCUT2D eigenvalue weighted by molar-refractivity contribution is 5.99. The average Bonchev–Trinajstić information content (AvgIpc) is 2.65. The first-order chi connectivity index (χ1) is 8.40. The Kier molecular flexibility index (Phi) is 3.02. The second-order valence-electron chi connectivity index (χ2n) is 4.59. The zero-order valence-electron chi connectivity index (χ0n) is 9.72. The van der Waals surface area contributed by atoms with Crippen LogP contribution < -0.4 is 10.6 Å². The number of rotatable bonds is 2. The highest BCUT2D eigenvalue weighted by atomic mass is 19.1. The molecule has 96 valence electrons. The number of nitrogens with one attached hydrogen (secondary N) is 2. The first kappa shape index (κ1) is 12.5. The third-order valence-corrected chi connectivity index (χ3v) is 2.95. The average molecular weight is 254 g/mol. The van der Waals surface area contributed by atoms with Crippen molar-refractivity contribution in [1.29, 1.82) is 0 Å². The summed E-state index contributed by atoms with van der Waals surface area (Å²) in [5.74, 6) is -2.10. The summed E-state index contributed by atoms with van der Waals surface area (Å²) in [4.78, 5) is 23.1. The molecule has 4 nitrogen and oxygen atoms in total. The van der Waals surface area contributed by atoms with Crippen molar-refractivity contribution in [3.05, 3.63) is 29.8 Å². The largest absolute Gasteiger partial charge is 0.355 e. The monoisotopic (exact) mass is 254 g/mol. The molecule has 18 heavy (non-hydrogen) atoms. The summed E-state index contributed by atoms with van der Waals surface area (Å²) in [6, 6.07) is 2.81. The van der Waals surface area contributed by atoms with Crippen molar-refractivity contribution in [3.8, 4) is 0 Å². The van der Waals surface area contributed by atoms with Crippen LogP contribution in [0.2, 0.25) is 0 Å². The van der Waals surface area contributed by atoms with Gasteiger partial charge in [-0.2, -0.15) is 0 Å². The van der Waals surface area contributed by atoms with Crippen LogP contribution in [-0.2, 0) is 9.59 Å². The van der Waals surface area contributed by atoms with Crippen LogP contribution in [-0.4, -0.2) is 18.4 Å². The van der Waals surface area contributed by atoms with Crippen molar-refractivity contribution in [2.45, 2.75) is 13.3 Å². The highest BCUT2D eigenvalue weighted by Crippen LogP contribution is 2.27. The van der Waals surface area contributed by atoms with E-state index in [9.17, 15) is 18.4 Å². The summed E-state index contributed by atoms with van der Waals surface area (Å²) in [7, 11) is 0. The number of benzene rings is 1. The molecule has 0 saturated carbocycles. The summed E-state index contributed by atoms with van der Waals surface area (Å²) in [6.07, 6.45) is 0.0375. The molecule has 6 heteroatoms. The van der Waals surface area contributed by atoms with Crippen LogP contribution in [0.25, 0.3) is 0 Å². The summed E-state index contributed by atoms with van der Waals surface area (Å²) in [6.45, 7) is 1.78. The van der Waals surface area contributed by atoms with Gasteiger partial charge < -0.3 is 10.6 Å². The molecular weight excluding hydrogens is 242 g/mol. The van der Waals surface area contributed by atoms with Gasteiger partial charge in [0, 0.05) is 19.0 Å². The molecule has 0 radical (unpaired) electrons. The van der Waals surface area contributed by atoms with Gasteiger partial charge in [-0.3, -0.25) is 9.59 Å². The van der Waals surface area contributed by atoms with Crippen molar-refractivity contribution in [3.63, 3.8) is 0 Å². The van der Waals surface area contributed by atoms with E-state index < -0.39 is 23.0 Å². The molecule has 1 heterocycles. The molecule has 1 atom stereocenters. The van der Waals surface area contributed by atoms with Crippen molar-refractivity contribution < 1.29 is 18.4 Å². The summed E-state index contributed by atoms with van der Waals surface area (Å²) >= 11 is 0. The van der Waals surface area contributed by atoms with Crippen LogP contribution in [0.1, 0.15) is 13.3 Å². The summed E-state index contributed by atoms with van der Waals surface area (Å²) < 4.78 is 26.3. The Bertz CT molecular complexity index is 519. The molecule has 0 bridgehead atoms.